The summed E-state index contributed by atoms with van der Waals surface area (Å²) >= 11 is 0. The molecular formula is C13H19NO3. The molecule has 4 nitrogen and oxygen atoms in total. The number of carboxylic acids is 1. The van der Waals surface area contributed by atoms with Gasteiger partial charge in [0.15, 0.2) is 0 Å². The molecular weight excluding hydrogens is 218 g/mol. The molecule has 0 aliphatic heterocycles. The zero-order valence-electron chi connectivity index (χ0n) is 10.3. The van der Waals surface area contributed by atoms with Gasteiger partial charge in [-0.3, -0.25) is 4.79 Å². The fraction of sp³-hybridized carbons (Fsp3) is 0.462. The fourth-order valence-corrected chi connectivity index (χ4v) is 1.63. The van der Waals surface area contributed by atoms with Crippen LogP contribution in [0, 0.1) is 6.92 Å². The maximum Gasteiger partial charge on any atom is 0.305 e. The number of hydrogen-bond donors (Lipinski definition) is 1. The molecule has 0 spiro atoms. The number of hydrogen-bond acceptors (Lipinski definition) is 3. The van der Waals surface area contributed by atoms with Gasteiger partial charge in [0.1, 0.15) is 0 Å². The minimum absolute atomic E-state index is 0.137. The molecule has 0 aromatic heterocycles. The van der Waals surface area contributed by atoms with Crippen LogP contribution in [-0.4, -0.2) is 37.9 Å². The highest BCUT2D eigenvalue weighted by Gasteiger charge is 2.08. The molecule has 0 unspecified atom stereocenters. The van der Waals surface area contributed by atoms with E-state index in [1.807, 2.05) is 30.0 Å². The van der Waals surface area contributed by atoms with Gasteiger partial charge >= 0.3 is 5.97 Å². The second-order valence-corrected chi connectivity index (χ2v) is 3.96. The standard InChI is InChI=1S/C13H19NO3/c1-11-4-3-5-12(10-11)14(8-9-17-2)7-6-13(15)16/h3-5,10H,6-9H2,1-2H3,(H,15,16). The van der Waals surface area contributed by atoms with E-state index < -0.39 is 5.97 Å². The van der Waals surface area contributed by atoms with Crippen molar-refractivity contribution in [1.82, 2.24) is 0 Å². The first-order valence-corrected chi connectivity index (χ1v) is 5.66. The summed E-state index contributed by atoms with van der Waals surface area (Å²) in [5.41, 5.74) is 2.21. The van der Waals surface area contributed by atoms with Crippen molar-refractivity contribution in [2.75, 3.05) is 31.7 Å². The molecule has 17 heavy (non-hydrogen) atoms. The number of methoxy groups -OCH3 is 1. The van der Waals surface area contributed by atoms with Crippen LogP contribution >= 0.6 is 0 Å². The molecule has 0 fully saturated rings. The van der Waals surface area contributed by atoms with Gasteiger partial charge < -0.3 is 14.7 Å². The van der Waals surface area contributed by atoms with E-state index in [1.165, 1.54) is 5.56 Å². The van der Waals surface area contributed by atoms with Crippen LogP contribution in [0.4, 0.5) is 5.69 Å². The monoisotopic (exact) mass is 237 g/mol. The van der Waals surface area contributed by atoms with Crippen molar-refractivity contribution in [3.8, 4) is 0 Å². The van der Waals surface area contributed by atoms with E-state index in [9.17, 15) is 4.79 Å². The van der Waals surface area contributed by atoms with Crippen LogP contribution in [-0.2, 0) is 9.53 Å². The third-order valence-corrected chi connectivity index (χ3v) is 2.53. The summed E-state index contributed by atoms with van der Waals surface area (Å²) < 4.78 is 5.04. The number of benzene rings is 1. The van der Waals surface area contributed by atoms with Crippen LogP contribution in [0.1, 0.15) is 12.0 Å². The number of anilines is 1. The second-order valence-electron chi connectivity index (χ2n) is 3.96. The van der Waals surface area contributed by atoms with E-state index in [1.54, 1.807) is 7.11 Å². The fourth-order valence-electron chi connectivity index (χ4n) is 1.63. The molecule has 0 amide bonds. The Balaban J connectivity index is 2.70. The Morgan fingerprint density at radius 2 is 2.18 bits per heavy atom. The lowest BCUT2D eigenvalue weighted by atomic mass is 10.2. The van der Waals surface area contributed by atoms with Crippen molar-refractivity contribution in [2.45, 2.75) is 13.3 Å². The maximum atomic E-state index is 10.6. The molecule has 1 N–H and O–H groups in total. The van der Waals surface area contributed by atoms with Crippen molar-refractivity contribution in [3.63, 3.8) is 0 Å². The summed E-state index contributed by atoms with van der Waals surface area (Å²) in [6.07, 6.45) is 0.137. The first-order valence-electron chi connectivity index (χ1n) is 5.66. The maximum absolute atomic E-state index is 10.6. The van der Waals surface area contributed by atoms with Gasteiger partial charge in [-0.1, -0.05) is 12.1 Å². The summed E-state index contributed by atoms with van der Waals surface area (Å²) in [4.78, 5) is 12.7. The van der Waals surface area contributed by atoms with E-state index in [2.05, 4.69) is 6.07 Å². The molecule has 0 atom stereocenters. The molecule has 0 saturated carbocycles. The first-order chi connectivity index (χ1) is 8.13. The zero-order valence-corrected chi connectivity index (χ0v) is 10.3. The molecule has 94 valence electrons. The Hall–Kier alpha value is -1.55. The number of aliphatic carboxylic acids is 1. The van der Waals surface area contributed by atoms with Gasteiger partial charge in [-0.15, -0.1) is 0 Å². The van der Waals surface area contributed by atoms with Gasteiger partial charge in [-0.2, -0.15) is 0 Å². The average molecular weight is 237 g/mol. The van der Waals surface area contributed by atoms with Crippen molar-refractivity contribution < 1.29 is 14.6 Å². The molecule has 0 heterocycles. The minimum Gasteiger partial charge on any atom is -0.481 e. The number of carboxylic acid groups (broad SMARTS) is 1. The highest BCUT2D eigenvalue weighted by atomic mass is 16.5. The molecule has 0 saturated heterocycles. The van der Waals surface area contributed by atoms with E-state index in [4.69, 9.17) is 9.84 Å². The third-order valence-electron chi connectivity index (χ3n) is 2.53. The lowest BCUT2D eigenvalue weighted by Crippen LogP contribution is -2.29. The summed E-state index contributed by atoms with van der Waals surface area (Å²) in [5, 5.41) is 8.73. The molecule has 0 aliphatic rings. The lowest BCUT2D eigenvalue weighted by Gasteiger charge is -2.24. The molecule has 1 aromatic rings. The van der Waals surface area contributed by atoms with Crippen molar-refractivity contribution in [2.24, 2.45) is 0 Å². The number of aryl methyl sites for hydroxylation is 1. The van der Waals surface area contributed by atoms with E-state index >= 15 is 0 Å². The Morgan fingerprint density at radius 1 is 1.41 bits per heavy atom. The van der Waals surface area contributed by atoms with Crippen LogP contribution < -0.4 is 4.90 Å². The van der Waals surface area contributed by atoms with Crippen LogP contribution in [0.5, 0.6) is 0 Å². The van der Waals surface area contributed by atoms with Crippen LogP contribution in [0.2, 0.25) is 0 Å². The van der Waals surface area contributed by atoms with Crippen molar-refractivity contribution in [3.05, 3.63) is 29.8 Å². The van der Waals surface area contributed by atoms with Crippen molar-refractivity contribution >= 4 is 11.7 Å². The normalized spacial score (nSPS) is 10.2. The smallest absolute Gasteiger partial charge is 0.305 e. The summed E-state index contributed by atoms with van der Waals surface area (Å²) in [5.74, 6) is -0.778. The van der Waals surface area contributed by atoms with Gasteiger partial charge in [0.25, 0.3) is 0 Å². The van der Waals surface area contributed by atoms with Crippen LogP contribution in [0.15, 0.2) is 24.3 Å². The molecule has 1 aromatic carbocycles. The minimum atomic E-state index is -0.778. The highest BCUT2D eigenvalue weighted by Crippen LogP contribution is 2.15. The Kier molecular flexibility index (Phi) is 5.49. The second kappa shape index (κ2) is 6.91. The van der Waals surface area contributed by atoms with Gasteiger partial charge in [0, 0.05) is 25.9 Å². The summed E-state index contributed by atoms with van der Waals surface area (Å²) in [6, 6.07) is 8.04. The lowest BCUT2D eigenvalue weighted by molar-refractivity contribution is -0.136. The number of carbonyl (C=O) groups is 1. The van der Waals surface area contributed by atoms with E-state index in [0.717, 1.165) is 5.69 Å². The molecule has 0 bridgehead atoms. The van der Waals surface area contributed by atoms with Gasteiger partial charge in [0.05, 0.1) is 13.0 Å². The SMILES string of the molecule is COCCN(CCC(=O)O)c1cccc(C)c1. The number of rotatable bonds is 7. The topological polar surface area (TPSA) is 49.8 Å². The number of ether oxygens (including phenoxy) is 1. The summed E-state index contributed by atoms with van der Waals surface area (Å²) in [7, 11) is 1.64. The van der Waals surface area contributed by atoms with Crippen LogP contribution in [0.25, 0.3) is 0 Å². The largest absolute Gasteiger partial charge is 0.481 e. The third kappa shape index (κ3) is 4.87. The van der Waals surface area contributed by atoms with Gasteiger partial charge in [-0.05, 0) is 24.6 Å². The average Bonchev–Trinajstić information content (AvgIpc) is 2.29. The highest BCUT2D eigenvalue weighted by molar-refractivity contribution is 5.67. The van der Waals surface area contributed by atoms with Crippen LogP contribution in [0.3, 0.4) is 0 Å². The molecule has 0 aliphatic carbocycles. The predicted molar refractivity (Wildman–Crippen MR) is 67.5 cm³/mol. The quantitative estimate of drug-likeness (QED) is 0.787. The van der Waals surface area contributed by atoms with Gasteiger partial charge in [-0.25, -0.2) is 0 Å². The molecule has 4 heteroatoms. The van der Waals surface area contributed by atoms with E-state index in [-0.39, 0.29) is 6.42 Å². The zero-order chi connectivity index (χ0) is 12.7. The molecule has 1 rings (SSSR count). The summed E-state index contributed by atoms with van der Waals surface area (Å²) in [6.45, 7) is 3.82. The Labute approximate surface area is 102 Å². The Bertz CT molecular complexity index is 365. The first kappa shape index (κ1) is 13.5. The predicted octanol–water partition coefficient (Wildman–Crippen LogP) is 1.92. The van der Waals surface area contributed by atoms with Gasteiger partial charge in [0.2, 0.25) is 0 Å². The molecule has 0 radical (unpaired) electrons. The number of nitrogens with zero attached hydrogens (tertiary/aromatic N) is 1. The van der Waals surface area contributed by atoms with Crippen molar-refractivity contribution in [1.29, 1.82) is 0 Å². The van der Waals surface area contributed by atoms with E-state index in [0.29, 0.717) is 19.7 Å². The Morgan fingerprint density at radius 3 is 2.76 bits per heavy atom.